The third-order valence-electron chi connectivity index (χ3n) is 1.99. The predicted molar refractivity (Wildman–Crippen MR) is 55.7 cm³/mol. The molecule has 0 fully saturated rings. The van der Waals surface area contributed by atoms with E-state index >= 15 is 0 Å². The van der Waals surface area contributed by atoms with Crippen molar-refractivity contribution in [2.45, 2.75) is 32.6 Å². The molecule has 3 nitrogen and oxygen atoms in total. The molecule has 0 atom stereocenters. The number of likely N-dealkylation sites (N-methyl/N-ethyl adjacent to an activating group) is 1. The van der Waals surface area contributed by atoms with Crippen LogP contribution in [0.3, 0.4) is 0 Å². The van der Waals surface area contributed by atoms with Crippen molar-refractivity contribution < 1.29 is 4.79 Å². The van der Waals surface area contributed by atoms with E-state index < -0.39 is 0 Å². The summed E-state index contributed by atoms with van der Waals surface area (Å²) in [6.07, 6.45) is 4.73. The predicted octanol–water partition coefficient (Wildman–Crippen LogP) is 1.03. The maximum absolute atomic E-state index is 10.7. The molecule has 0 spiro atoms. The highest BCUT2D eigenvalue weighted by Crippen LogP contribution is 1.99. The third-order valence-corrected chi connectivity index (χ3v) is 1.99. The number of nitrogens with zero attached hydrogens (tertiary/aromatic N) is 1. The van der Waals surface area contributed by atoms with Crippen LogP contribution < -0.4 is 5.73 Å². The van der Waals surface area contributed by atoms with Crippen molar-refractivity contribution in [2.75, 3.05) is 26.7 Å². The summed E-state index contributed by atoms with van der Waals surface area (Å²) in [6, 6.07) is 0. The zero-order valence-corrected chi connectivity index (χ0v) is 8.88. The first-order valence-corrected chi connectivity index (χ1v) is 5.05. The molecule has 0 radical (unpaired) electrons. The lowest BCUT2D eigenvalue weighted by Gasteiger charge is -2.13. The molecular weight excluding hydrogens is 164 g/mol. The molecule has 0 saturated heterocycles. The first kappa shape index (κ1) is 12.6. The molecule has 0 unspecified atom stereocenters. The molecule has 13 heavy (non-hydrogen) atoms. The third kappa shape index (κ3) is 9.50. The Morgan fingerprint density at radius 3 is 2.38 bits per heavy atom. The molecule has 0 saturated carbocycles. The number of unbranched alkanes of at least 4 members (excludes halogenated alkanes) is 3. The summed E-state index contributed by atoms with van der Waals surface area (Å²) in [5.74, 6) is 0.240. The van der Waals surface area contributed by atoms with Gasteiger partial charge < -0.3 is 5.73 Å². The van der Waals surface area contributed by atoms with Crippen LogP contribution >= 0.6 is 0 Å². The van der Waals surface area contributed by atoms with Crippen LogP contribution in [0.25, 0.3) is 0 Å². The van der Waals surface area contributed by atoms with Crippen molar-refractivity contribution in [3.63, 3.8) is 0 Å². The number of nitrogens with two attached hydrogens (primary N) is 1. The van der Waals surface area contributed by atoms with E-state index in [1.54, 1.807) is 6.92 Å². The molecule has 0 heterocycles. The van der Waals surface area contributed by atoms with Gasteiger partial charge in [-0.3, -0.25) is 9.69 Å². The highest BCUT2D eigenvalue weighted by molar-refractivity contribution is 5.77. The lowest BCUT2D eigenvalue weighted by atomic mass is 10.2. The Hall–Kier alpha value is -0.410. The van der Waals surface area contributed by atoms with Crippen LogP contribution in [0.5, 0.6) is 0 Å². The van der Waals surface area contributed by atoms with Crippen LogP contribution in [0.2, 0.25) is 0 Å². The van der Waals surface area contributed by atoms with Gasteiger partial charge in [0, 0.05) is 0 Å². The molecule has 0 aliphatic carbocycles. The van der Waals surface area contributed by atoms with Gasteiger partial charge in [0.2, 0.25) is 0 Å². The average molecular weight is 186 g/mol. The molecule has 0 aromatic heterocycles. The Bertz CT molecular complexity index is 137. The summed E-state index contributed by atoms with van der Waals surface area (Å²) in [5, 5.41) is 0. The minimum absolute atomic E-state index is 0.240. The molecule has 0 aromatic rings. The number of hydrogen-bond acceptors (Lipinski definition) is 3. The van der Waals surface area contributed by atoms with Gasteiger partial charge in [-0.2, -0.15) is 0 Å². The Kier molecular flexibility index (Phi) is 7.94. The highest BCUT2D eigenvalue weighted by Gasteiger charge is 2.00. The lowest BCUT2D eigenvalue weighted by molar-refractivity contribution is -0.117. The fourth-order valence-electron chi connectivity index (χ4n) is 1.34. The Morgan fingerprint density at radius 1 is 1.23 bits per heavy atom. The van der Waals surface area contributed by atoms with Gasteiger partial charge in [0.1, 0.15) is 5.78 Å². The fourth-order valence-corrected chi connectivity index (χ4v) is 1.34. The van der Waals surface area contributed by atoms with Crippen molar-refractivity contribution in [2.24, 2.45) is 5.73 Å². The monoisotopic (exact) mass is 186 g/mol. The quantitative estimate of drug-likeness (QED) is 0.576. The second-order valence-corrected chi connectivity index (χ2v) is 3.64. The van der Waals surface area contributed by atoms with Crippen LogP contribution in [0.15, 0.2) is 0 Å². The molecule has 0 bridgehead atoms. The van der Waals surface area contributed by atoms with Crippen LogP contribution in [-0.4, -0.2) is 37.4 Å². The van der Waals surface area contributed by atoms with Crippen molar-refractivity contribution in [1.82, 2.24) is 4.90 Å². The maximum atomic E-state index is 10.7. The standard InChI is InChI=1S/C10H22N2O/c1-10(13)9-12(2)8-6-4-3-5-7-11/h3-9,11H2,1-2H3. The second kappa shape index (κ2) is 8.20. The average Bonchev–Trinajstić information content (AvgIpc) is 2.02. The van der Waals surface area contributed by atoms with Gasteiger partial charge in [0.05, 0.1) is 6.54 Å². The zero-order chi connectivity index (χ0) is 10.1. The molecule has 0 amide bonds. The summed E-state index contributed by atoms with van der Waals surface area (Å²) >= 11 is 0. The molecule has 78 valence electrons. The number of carbonyl (C=O) groups is 1. The molecule has 3 heteroatoms. The summed E-state index contributed by atoms with van der Waals surface area (Å²) in [5.41, 5.74) is 5.38. The zero-order valence-electron chi connectivity index (χ0n) is 8.88. The van der Waals surface area contributed by atoms with E-state index in [0.717, 1.165) is 19.5 Å². The van der Waals surface area contributed by atoms with Crippen molar-refractivity contribution in [1.29, 1.82) is 0 Å². The normalized spacial score (nSPS) is 10.8. The van der Waals surface area contributed by atoms with Gasteiger partial charge in [-0.15, -0.1) is 0 Å². The fraction of sp³-hybridized carbons (Fsp3) is 0.900. The van der Waals surface area contributed by atoms with Crippen LogP contribution in [0.4, 0.5) is 0 Å². The van der Waals surface area contributed by atoms with Crippen LogP contribution in [0, 0.1) is 0 Å². The van der Waals surface area contributed by atoms with Gasteiger partial charge in [0.15, 0.2) is 0 Å². The highest BCUT2D eigenvalue weighted by atomic mass is 16.1. The van der Waals surface area contributed by atoms with Gasteiger partial charge in [-0.25, -0.2) is 0 Å². The van der Waals surface area contributed by atoms with E-state index in [-0.39, 0.29) is 5.78 Å². The van der Waals surface area contributed by atoms with Crippen molar-refractivity contribution in [3.8, 4) is 0 Å². The number of rotatable bonds is 8. The van der Waals surface area contributed by atoms with Gasteiger partial charge in [0.25, 0.3) is 0 Å². The number of ketones is 1. The first-order chi connectivity index (χ1) is 6.16. The number of Topliss-reactive ketones (excluding diaryl/α,β-unsaturated/α-hetero) is 1. The van der Waals surface area contributed by atoms with Crippen molar-refractivity contribution >= 4 is 5.78 Å². The van der Waals surface area contributed by atoms with E-state index in [1.807, 2.05) is 7.05 Å². The number of carbonyl (C=O) groups excluding carboxylic acids is 1. The smallest absolute Gasteiger partial charge is 0.143 e. The lowest BCUT2D eigenvalue weighted by Crippen LogP contribution is -2.25. The topological polar surface area (TPSA) is 46.3 Å². The molecule has 0 aliphatic heterocycles. The van der Waals surface area contributed by atoms with Crippen molar-refractivity contribution in [3.05, 3.63) is 0 Å². The van der Waals surface area contributed by atoms with Crippen LogP contribution in [-0.2, 0) is 4.79 Å². The van der Waals surface area contributed by atoms with E-state index in [0.29, 0.717) is 6.54 Å². The maximum Gasteiger partial charge on any atom is 0.143 e. The van der Waals surface area contributed by atoms with E-state index in [1.165, 1.54) is 19.3 Å². The first-order valence-electron chi connectivity index (χ1n) is 5.05. The molecule has 0 aromatic carbocycles. The van der Waals surface area contributed by atoms with Gasteiger partial charge in [-0.05, 0) is 39.9 Å². The number of hydrogen-bond donors (Lipinski definition) is 1. The SMILES string of the molecule is CC(=O)CN(C)CCCCCCN. The van der Waals surface area contributed by atoms with Crippen LogP contribution in [0.1, 0.15) is 32.6 Å². The largest absolute Gasteiger partial charge is 0.330 e. The summed E-state index contributed by atoms with van der Waals surface area (Å²) in [6.45, 7) is 4.02. The Labute approximate surface area is 81.3 Å². The van der Waals surface area contributed by atoms with Gasteiger partial charge >= 0.3 is 0 Å². The Morgan fingerprint density at radius 2 is 1.85 bits per heavy atom. The molecular formula is C10H22N2O. The minimum atomic E-state index is 0.240. The summed E-state index contributed by atoms with van der Waals surface area (Å²) in [7, 11) is 1.99. The summed E-state index contributed by atoms with van der Waals surface area (Å²) < 4.78 is 0. The second-order valence-electron chi connectivity index (χ2n) is 3.64. The molecule has 0 rings (SSSR count). The molecule has 0 aliphatic rings. The van der Waals surface area contributed by atoms with E-state index in [4.69, 9.17) is 5.73 Å². The molecule has 2 N–H and O–H groups in total. The minimum Gasteiger partial charge on any atom is -0.330 e. The van der Waals surface area contributed by atoms with E-state index in [2.05, 4.69) is 4.90 Å². The summed E-state index contributed by atoms with van der Waals surface area (Å²) in [4.78, 5) is 12.8. The van der Waals surface area contributed by atoms with E-state index in [9.17, 15) is 4.79 Å². The Balaban J connectivity index is 3.17. The van der Waals surface area contributed by atoms with Gasteiger partial charge in [-0.1, -0.05) is 12.8 Å².